The van der Waals surface area contributed by atoms with Gasteiger partial charge in [-0.15, -0.1) is 0 Å². The fourth-order valence-corrected chi connectivity index (χ4v) is 3.38. The molecule has 1 amide bonds. The number of halogens is 3. The SMILES string of the molecule is N#CCCNC(=O)COc1c(Cl)cc(Br)cc1S(=O)(=O)Cl. The van der Waals surface area contributed by atoms with Crippen LogP contribution in [0.3, 0.4) is 0 Å². The normalized spacial score (nSPS) is 10.8. The molecule has 1 aromatic carbocycles. The van der Waals surface area contributed by atoms with Gasteiger partial charge < -0.3 is 10.1 Å². The van der Waals surface area contributed by atoms with Crippen LogP contribution in [0.25, 0.3) is 0 Å². The van der Waals surface area contributed by atoms with Crippen LogP contribution in [-0.4, -0.2) is 27.5 Å². The average Bonchev–Trinajstić information content (AvgIpc) is 2.36. The van der Waals surface area contributed by atoms with Crippen molar-refractivity contribution in [3.63, 3.8) is 0 Å². The van der Waals surface area contributed by atoms with Crippen LogP contribution in [0, 0.1) is 11.3 Å². The van der Waals surface area contributed by atoms with E-state index in [4.69, 9.17) is 32.3 Å². The third kappa shape index (κ3) is 5.71. The van der Waals surface area contributed by atoms with Crippen molar-refractivity contribution in [1.29, 1.82) is 5.26 Å². The highest BCUT2D eigenvalue weighted by molar-refractivity contribution is 9.10. The van der Waals surface area contributed by atoms with E-state index < -0.39 is 21.6 Å². The van der Waals surface area contributed by atoms with Crippen molar-refractivity contribution in [2.45, 2.75) is 11.3 Å². The molecule has 0 fully saturated rings. The van der Waals surface area contributed by atoms with E-state index in [1.54, 1.807) is 0 Å². The number of carbonyl (C=O) groups is 1. The third-order valence-electron chi connectivity index (χ3n) is 2.14. The number of benzene rings is 1. The Balaban J connectivity index is 2.89. The highest BCUT2D eigenvalue weighted by Gasteiger charge is 2.21. The number of hydrogen-bond acceptors (Lipinski definition) is 5. The molecule has 0 saturated heterocycles. The van der Waals surface area contributed by atoms with Crippen LogP contribution in [0.5, 0.6) is 5.75 Å². The Morgan fingerprint density at radius 2 is 2.14 bits per heavy atom. The topological polar surface area (TPSA) is 96.3 Å². The van der Waals surface area contributed by atoms with Crippen LogP contribution < -0.4 is 10.1 Å². The van der Waals surface area contributed by atoms with Crippen molar-refractivity contribution in [1.82, 2.24) is 5.32 Å². The van der Waals surface area contributed by atoms with Gasteiger partial charge in [0.2, 0.25) is 0 Å². The van der Waals surface area contributed by atoms with Crippen molar-refractivity contribution in [3.05, 3.63) is 21.6 Å². The summed E-state index contributed by atoms with van der Waals surface area (Å²) >= 11 is 8.99. The minimum absolute atomic E-state index is 0.00609. The predicted molar refractivity (Wildman–Crippen MR) is 80.9 cm³/mol. The Hall–Kier alpha value is -1.01. The van der Waals surface area contributed by atoms with Gasteiger partial charge in [-0.3, -0.25) is 4.79 Å². The number of carbonyl (C=O) groups excluding carboxylic acids is 1. The molecule has 0 aliphatic heterocycles. The van der Waals surface area contributed by atoms with Gasteiger partial charge in [0.15, 0.2) is 12.4 Å². The van der Waals surface area contributed by atoms with Crippen molar-refractivity contribution < 1.29 is 17.9 Å². The van der Waals surface area contributed by atoms with E-state index >= 15 is 0 Å². The van der Waals surface area contributed by atoms with E-state index in [0.717, 1.165) is 0 Å². The minimum Gasteiger partial charge on any atom is -0.481 e. The summed E-state index contributed by atoms with van der Waals surface area (Å²) in [5, 5.41) is 10.8. The zero-order valence-corrected chi connectivity index (χ0v) is 14.3. The van der Waals surface area contributed by atoms with Crippen LogP contribution in [-0.2, 0) is 13.8 Å². The fraction of sp³-hybridized carbons (Fsp3) is 0.273. The molecule has 6 nitrogen and oxygen atoms in total. The van der Waals surface area contributed by atoms with E-state index in [1.165, 1.54) is 12.1 Å². The van der Waals surface area contributed by atoms with Crippen molar-refractivity contribution in [3.8, 4) is 11.8 Å². The summed E-state index contributed by atoms with van der Waals surface area (Å²) < 4.78 is 28.5. The molecular formula is C11H9BrCl2N2O4S. The van der Waals surface area contributed by atoms with Crippen LogP contribution in [0.15, 0.2) is 21.5 Å². The maximum atomic E-state index is 11.5. The maximum Gasteiger partial charge on any atom is 0.265 e. The summed E-state index contributed by atoms with van der Waals surface area (Å²) in [6.45, 7) is -0.278. The number of nitrogens with one attached hydrogen (secondary N) is 1. The molecule has 21 heavy (non-hydrogen) atoms. The van der Waals surface area contributed by atoms with Gasteiger partial charge in [-0.05, 0) is 12.1 Å². The van der Waals surface area contributed by atoms with Crippen molar-refractivity contribution in [2.24, 2.45) is 0 Å². The Labute approximate surface area is 139 Å². The maximum absolute atomic E-state index is 11.5. The highest BCUT2D eigenvalue weighted by atomic mass is 79.9. The summed E-state index contributed by atoms with van der Waals surface area (Å²) in [5.41, 5.74) is 0. The van der Waals surface area contributed by atoms with E-state index in [1.807, 2.05) is 6.07 Å². The number of hydrogen-bond donors (Lipinski definition) is 1. The molecular weight excluding hydrogens is 407 g/mol. The Bertz CT molecular complexity index is 688. The minimum atomic E-state index is -4.09. The van der Waals surface area contributed by atoms with E-state index in [9.17, 15) is 13.2 Å². The first-order chi connectivity index (χ1) is 9.75. The monoisotopic (exact) mass is 414 g/mol. The Kier molecular flexibility index (Phi) is 6.74. The van der Waals surface area contributed by atoms with Crippen LogP contribution in [0.4, 0.5) is 0 Å². The second kappa shape index (κ2) is 7.84. The highest BCUT2D eigenvalue weighted by Crippen LogP contribution is 2.37. The molecule has 1 aromatic rings. The summed E-state index contributed by atoms with van der Waals surface area (Å²) in [5.74, 6) is -0.715. The molecule has 1 rings (SSSR count). The van der Waals surface area contributed by atoms with Gasteiger partial charge in [-0.1, -0.05) is 27.5 Å². The molecule has 0 radical (unpaired) electrons. The molecule has 0 unspecified atom stereocenters. The van der Waals surface area contributed by atoms with Gasteiger partial charge >= 0.3 is 0 Å². The number of nitriles is 1. The lowest BCUT2D eigenvalue weighted by Gasteiger charge is -2.12. The number of nitrogens with zero attached hydrogens (tertiary/aromatic N) is 1. The first kappa shape index (κ1) is 18.0. The van der Waals surface area contributed by atoms with E-state index in [0.29, 0.717) is 4.47 Å². The summed E-state index contributed by atoms with van der Waals surface area (Å²) in [4.78, 5) is 11.1. The molecule has 0 aliphatic carbocycles. The van der Waals surface area contributed by atoms with Crippen molar-refractivity contribution in [2.75, 3.05) is 13.2 Å². The van der Waals surface area contributed by atoms with Crippen LogP contribution in [0.2, 0.25) is 5.02 Å². The largest absolute Gasteiger partial charge is 0.481 e. The smallest absolute Gasteiger partial charge is 0.265 e. The third-order valence-corrected chi connectivity index (χ3v) is 4.21. The van der Waals surface area contributed by atoms with Crippen LogP contribution in [0.1, 0.15) is 6.42 Å². The number of amides is 1. The summed E-state index contributed by atoms with van der Waals surface area (Å²) in [6.07, 6.45) is 0.159. The zero-order valence-electron chi connectivity index (χ0n) is 10.4. The molecule has 0 heterocycles. The standard InChI is InChI=1S/C11H9BrCl2N2O4S/c12-7-4-8(13)11(9(5-7)21(14,18)19)20-6-10(17)16-3-1-2-15/h4-5H,1,3,6H2,(H,16,17). The van der Waals surface area contributed by atoms with Gasteiger partial charge in [0.1, 0.15) is 4.90 Å². The van der Waals surface area contributed by atoms with Gasteiger partial charge in [0.25, 0.3) is 15.0 Å². The predicted octanol–water partition coefficient (Wildman–Crippen LogP) is 2.44. The molecule has 0 aromatic heterocycles. The molecule has 10 heteroatoms. The van der Waals surface area contributed by atoms with Gasteiger partial charge in [0.05, 0.1) is 17.5 Å². The van der Waals surface area contributed by atoms with E-state index in [-0.39, 0.29) is 28.6 Å². The lowest BCUT2D eigenvalue weighted by Crippen LogP contribution is -2.29. The summed E-state index contributed by atoms with van der Waals surface area (Å²) in [7, 11) is 1.21. The van der Waals surface area contributed by atoms with Crippen molar-refractivity contribution >= 4 is 53.2 Å². The quantitative estimate of drug-likeness (QED) is 0.568. The molecule has 0 atom stereocenters. The second-order valence-electron chi connectivity index (χ2n) is 3.70. The second-order valence-corrected chi connectivity index (χ2v) is 7.56. The zero-order chi connectivity index (χ0) is 16.0. The number of ether oxygens (including phenoxy) is 1. The fourth-order valence-electron chi connectivity index (χ4n) is 1.30. The lowest BCUT2D eigenvalue weighted by molar-refractivity contribution is -0.123. The lowest BCUT2D eigenvalue weighted by atomic mass is 10.3. The van der Waals surface area contributed by atoms with Crippen LogP contribution >= 0.6 is 38.2 Å². The van der Waals surface area contributed by atoms with Gasteiger partial charge in [-0.25, -0.2) is 8.42 Å². The molecule has 0 aliphatic rings. The molecule has 0 spiro atoms. The first-order valence-electron chi connectivity index (χ1n) is 5.46. The van der Waals surface area contributed by atoms with Gasteiger partial charge in [0, 0.05) is 21.7 Å². The Morgan fingerprint density at radius 3 is 2.71 bits per heavy atom. The summed E-state index contributed by atoms with van der Waals surface area (Å²) in [6, 6.07) is 4.49. The first-order valence-corrected chi connectivity index (χ1v) is 8.94. The number of rotatable bonds is 6. The molecule has 0 bridgehead atoms. The van der Waals surface area contributed by atoms with Gasteiger partial charge in [-0.2, -0.15) is 5.26 Å². The Morgan fingerprint density at radius 1 is 1.48 bits per heavy atom. The molecule has 1 N–H and O–H groups in total. The molecule has 0 saturated carbocycles. The van der Waals surface area contributed by atoms with E-state index in [2.05, 4.69) is 21.2 Å². The average molecular weight is 416 g/mol. The molecule has 114 valence electrons.